The summed E-state index contributed by atoms with van der Waals surface area (Å²) in [6.45, 7) is 3.99. The summed E-state index contributed by atoms with van der Waals surface area (Å²) in [6.07, 6.45) is 0. The van der Waals surface area contributed by atoms with E-state index in [-0.39, 0.29) is 4.88 Å². The topological polar surface area (TPSA) is 50.2 Å². The minimum absolute atomic E-state index is 0.280. The summed E-state index contributed by atoms with van der Waals surface area (Å²) in [7, 11) is 0. The van der Waals surface area contributed by atoms with Crippen molar-refractivity contribution in [3.05, 3.63) is 64.5 Å². The number of benzene rings is 2. The third-order valence-electron chi connectivity index (χ3n) is 3.38. The fourth-order valence-corrected chi connectivity index (χ4v) is 3.28. The van der Waals surface area contributed by atoms with Crippen LogP contribution in [-0.2, 0) is 0 Å². The number of hydrogen-bond acceptors (Lipinski definition) is 3. The number of carboxylic acid groups (broad SMARTS) is 1. The molecule has 110 valence electrons. The van der Waals surface area contributed by atoms with E-state index in [1.165, 1.54) is 11.3 Å². The van der Waals surface area contributed by atoms with E-state index in [1.807, 2.05) is 62.4 Å². The molecule has 0 aliphatic carbocycles. The molecule has 1 heterocycles. The highest BCUT2D eigenvalue weighted by atomic mass is 32.1. The molecule has 3 aromatic rings. The maximum Gasteiger partial charge on any atom is 0.348 e. The number of rotatable bonds is 3. The van der Waals surface area contributed by atoms with Crippen molar-refractivity contribution in [2.75, 3.05) is 0 Å². The minimum Gasteiger partial charge on any atom is -0.477 e. The fraction of sp³-hybridized carbons (Fsp3) is 0.111. The molecule has 0 amide bonds. The molecule has 0 unspecified atom stereocenters. The summed E-state index contributed by atoms with van der Waals surface area (Å²) in [6, 6.07) is 15.7. The zero-order chi connectivity index (χ0) is 15.7. The van der Waals surface area contributed by atoms with Crippen molar-refractivity contribution in [3.8, 4) is 21.8 Å². The van der Waals surface area contributed by atoms with E-state index in [1.54, 1.807) is 0 Å². The van der Waals surface area contributed by atoms with Gasteiger partial charge in [-0.3, -0.25) is 0 Å². The highest BCUT2D eigenvalue weighted by Crippen LogP contribution is 2.34. The number of thiazole rings is 1. The van der Waals surface area contributed by atoms with E-state index < -0.39 is 5.97 Å². The molecule has 1 aromatic heterocycles. The van der Waals surface area contributed by atoms with E-state index in [9.17, 15) is 9.90 Å². The Hall–Kier alpha value is -2.46. The maximum absolute atomic E-state index is 11.6. The monoisotopic (exact) mass is 309 g/mol. The first-order valence-corrected chi connectivity index (χ1v) is 7.74. The third kappa shape index (κ3) is 2.78. The average Bonchev–Trinajstić information content (AvgIpc) is 2.92. The first-order chi connectivity index (χ1) is 10.5. The molecule has 4 heteroatoms. The van der Waals surface area contributed by atoms with Crippen molar-refractivity contribution in [2.45, 2.75) is 13.8 Å². The Morgan fingerprint density at radius 1 is 1.00 bits per heavy atom. The Balaban J connectivity index is 2.16. The number of carbonyl (C=O) groups is 1. The van der Waals surface area contributed by atoms with Gasteiger partial charge in [0.25, 0.3) is 0 Å². The zero-order valence-corrected chi connectivity index (χ0v) is 13.1. The van der Waals surface area contributed by atoms with Crippen molar-refractivity contribution >= 4 is 17.3 Å². The molecular weight excluding hydrogens is 294 g/mol. The zero-order valence-electron chi connectivity index (χ0n) is 12.3. The Labute approximate surface area is 132 Å². The van der Waals surface area contributed by atoms with Gasteiger partial charge < -0.3 is 5.11 Å². The number of aromatic nitrogens is 1. The third-order valence-corrected chi connectivity index (χ3v) is 4.47. The van der Waals surface area contributed by atoms with Crippen LogP contribution < -0.4 is 0 Å². The van der Waals surface area contributed by atoms with E-state index in [2.05, 4.69) is 4.98 Å². The van der Waals surface area contributed by atoms with Gasteiger partial charge in [0.1, 0.15) is 9.88 Å². The molecule has 0 spiro atoms. The number of hydrogen-bond donors (Lipinski definition) is 1. The van der Waals surface area contributed by atoms with Gasteiger partial charge in [-0.1, -0.05) is 47.5 Å². The van der Waals surface area contributed by atoms with Crippen LogP contribution in [0.1, 0.15) is 20.8 Å². The minimum atomic E-state index is -0.937. The highest BCUT2D eigenvalue weighted by Gasteiger charge is 2.19. The van der Waals surface area contributed by atoms with Crippen LogP contribution in [0.15, 0.2) is 48.5 Å². The largest absolute Gasteiger partial charge is 0.477 e. The summed E-state index contributed by atoms with van der Waals surface area (Å²) in [5.41, 5.74) is 4.54. The highest BCUT2D eigenvalue weighted by molar-refractivity contribution is 7.17. The second-order valence-corrected chi connectivity index (χ2v) is 6.24. The quantitative estimate of drug-likeness (QED) is 0.756. The number of aryl methyl sites for hydroxylation is 2. The molecule has 0 saturated heterocycles. The van der Waals surface area contributed by atoms with E-state index in [4.69, 9.17) is 0 Å². The lowest BCUT2D eigenvalue weighted by Gasteiger charge is -2.00. The van der Waals surface area contributed by atoms with Gasteiger partial charge in [0.15, 0.2) is 0 Å². The smallest absolute Gasteiger partial charge is 0.348 e. The number of aromatic carboxylic acids is 1. The van der Waals surface area contributed by atoms with Gasteiger partial charge in [-0.25, -0.2) is 9.78 Å². The Bertz CT molecular complexity index is 852. The maximum atomic E-state index is 11.6. The number of nitrogens with zero attached hydrogens (tertiary/aromatic N) is 1. The average molecular weight is 309 g/mol. The predicted octanol–water partition coefficient (Wildman–Crippen LogP) is 4.79. The van der Waals surface area contributed by atoms with Crippen molar-refractivity contribution in [2.24, 2.45) is 0 Å². The van der Waals surface area contributed by atoms with Crippen LogP contribution in [0.2, 0.25) is 0 Å². The molecule has 3 rings (SSSR count). The van der Waals surface area contributed by atoms with Crippen molar-refractivity contribution < 1.29 is 9.90 Å². The molecule has 1 N–H and O–H groups in total. The van der Waals surface area contributed by atoms with E-state index in [0.717, 1.165) is 27.3 Å². The first-order valence-electron chi connectivity index (χ1n) is 6.93. The second kappa shape index (κ2) is 5.73. The lowest BCUT2D eigenvalue weighted by molar-refractivity contribution is 0.0702. The standard InChI is InChI=1S/C18H15NO2S/c1-11-5-3-7-13(9-11)15-16(18(20)21)22-17(19-15)14-8-4-6-12(2)10-14/h3-10H,1-2H3,(H,20,21). The molecule has 0 aliphatic rings. The van der Waals surface area contributed by atoms with Crippen LogP contribution in [0.5, 0.6) is 0 Å². The molecule has 0 saturated carbocycles. The first kappa shape index (κ1) is 14.5. The Morgan fingerprint density at radius 2 is 1.59 bits per heavy atom. The van der Waals surface area contributed by atoms with Gasteiger partial charge in [0, 0.05) is 11.1 Å². The molecule has 0 bridgehead atoms. The van der Waals surface area contributed by atoms with Gasteiger partial charge in [0.05, 0.1) is 5.69 Å². The number of carboxylic acids is 1. The summed E-state index contributed by atoms with van der Waals surface area (Å²) in [4.78, 5) is 16.4. The van der Waals surface area contributed by atoms with Crippen LogP contribution >= 0.6 is 11.3 Å². The SMILES string of the molecule is Cc1cccc(-c2nc(-c3cccc(C)c3)c(C(=O)O)s2)c1. The van der Waals surface area contributed by atoms with Gasteiger partial charge in [-0.05, 0) is 26.0 Å². The lowest BCUT2D eigenvalue weighted by atomic mass is 10.1. The molecule has 0 aliphatic heterocycles. The van der Waals surface area contributed by atoms with Gasteiger partial charge >= 0.3 is 5.97 Å². The van der Waals surface area contributed by atoms with Crippen LogP contribution in [-0.4, -0.2) is 16.1 Å². The second-order valence-electron chi connectivity index (χ2n) is 5.24. The Morgan fingerprint density at radius 3 is 2.18 bits per heavy atom. The summed E-state index contributed by atoms with van der Waals surface area (Å²) in [5, 5.41) is 10.2. The lowest BCUT2D eigenvalue weighted by Crippen LogP contribution is -1.95. The molecule has 0 fully saturated rings. The summed E-state index contributed by atoms with van der Waals surface area (Å²) < 4.78 is 0. The molecule has 0 atom stereocenters. The predicted molar refractivity (Wildman–Crippen MR) is 89.4 cm³/mol. The van der Waals surface area contributed by atoms with Crippen molar-refractivity contribution in [1.82, 2.24) is 4.98 Å². The van der Waals surface area contributed by atoms with Crippen LogP contribution in [0, 0.1) is 13.8 Å². The van der Waals surface area contributed by atoms with Gasteiger partial charge in [-0.2, -0.15) is 0 Å². The van der Waals surface area contributed by atoms with E-state index >= 15 is 0 Å². The molecule has 2 aromatic carbocycles. The molecule has 0 radical (unpaired) electrons. The molecule has 22 heavy (non-hydrogen) atoms. The Kier molecular flexibility index (Phi) is 3.77. The summed E-state index contributed by atoms with van der Waals surface area (Å²) >= 11 is 1.22. The summed E-state index contributed by atoms with van der Waals surface area (Å²) in [5.74, 6) is -0.937. The van der Waals surface area contributed by atoms with Gasteiger partial charge in [-0.15, -0.1) is 11.3 Å². The van der Waals surface area contributed by atoms with Crippen molar-refractivity contribution in [1.29, 1.82) is 0 Å². The molecule has 3 nitrogen and oxygen atoms in total. The van der Waals surface area contributed by atoms with E-state index in [0.29, 0.717) is 5.69 Å². The van der Waals surface area contributed by atoms with Crippen LogP contribution in [0.25, 0.3) is 21.8 Å². The van der Waals surface area contributed by atoms with Crippen LogP contribution in [0.3, 0.4) is 0 Å². The van der Waals surface area contributed by atoms with Crippen molar-refractivity contribution in [3.63, 3.8) is 0 Å². The molecular formula is C18H15NO2S. The normalized spacial score (nSPS) is 10.6. The fourth-order valence-electron chi connectivity index (χ4n) is 2.35. The van der Waals surface area contributed by atoms with Crippen LogP contribution in [0.4, 0.5) is 0 Å². The van der Waals surface area contributed by atoms with Gasteiger partial charge in [0.2, 0.25) is 0 Å².